The number of nitrogens with zero attached hydrogens (tertiary/aromatic N) is 4. The Kier molecular flexibility index (Phi) is 8.46. The first kappa shape index (κ1) is 23.5. The average molecular weight is 522 g/mol. The summed E-state index contributed by atoms with van der Waals surface area (Å²) in [4.78, 5) is 8.79. The summed E-state index contributed by atoms with van der Waals surface area (Å²) in [6.07, 6.45) is 1.84. The summed E-state index contributed by atoms with van der Waals surface area (Å²) in [5.41, 5.74) is 3.90. The first-order valence-corrected chi connectivity index (χ1v) is 9.22. The fourth-order valence-corrected chi connectivity index (χ4v) is 2.92. The molecule has 1 aromatic carbocycles. The Hall–Kier alpha value is -2.82. The van der Waals surface area contributed by atoms with Crippen LogP contribution in [0.5, 0.6) is 11.5 Å². The van der Waals surface area contributed by atoms with Crippen LogP contribution in [0.2, 0.25) is 0 Å². The van der Waals surface area contributed by atoms with Gasteiger partial charge >= 0.3 is 0 Å². The Morgan fingerprint density at radius 2 is 1.83 bits per heavy atom. The number of benzene rings is 1. The van der Waals surface area contributed by atoms with E-state index in [0.29, 0.717) is 24.0 Å². The molecule has 2 N–H and O–H groups in total. The second-order valence-electron chi connectivity index (χ2n) is 6.48. The van der Waals surface area contributed by atoms with Crippen LogP contribution in [0, 0.1) is 13.8 Å². The van der Waals surface area contributed by atoms with Crippen LogP contribution < -0.4 is 20.1 Å². The van der Waals surface area contributed by atoms with Crippen LogP contribution in [-0.4, -0.2) is 42.0 Å². The Morgan fingerprint density at radius 3 is 2.40 bits per heavy atom. The highest BCUT2D eigenvalue weighted by molar-refractivity contribution is 14.0. The van der Waals surface area contributed by atoms with Gasteiger partial charge in [-0.1, -0.05) is 6.07 Å². The summed E-state index contributed by atoms with van der Waals surface area (Å²) in [7, 11) is 4.94. The summed E-state index contributed by atoms with van der Waals surface area (Å²) in [6.45, 7) is 4.57. The Morgan fingerprint density at radius 1 is 1.07 bits per heavy atom. The predicted octanol–water partition coefficient (Wildman–Crippen LogP) is 3.71. The quantitative estimate of drug-likeness (QED) is 0.292. The van der Waals surface area contributed by atoms with Gasteiger partial charge < -0.3 is 20.1 Å². The molecule has 0 spiro atoms. The van der Waals surface area contributed by atoms with Crippen molar-refractivity contribution < 1.29 is 9.47 Å². The van der Waals surface area contributed by atoms with Gasteiger partial charge in [0.25, 0.3) is 0 Å². The van der Waals surface area contributed by atoms with E-state index in [0.717, 1.165) is 28.5 Å². The summed E-state index contributed by atoms with van der Waals surface area (Å²) in [5, 5.41) is 11.0. The van der Waals surface area contributed by atoms with E-state index in [2.05, 4.69) is 25.7 Å². The number of anilines is 1. The molecule has 0 aliphatic rings. The molecule has 3 rings (SSSR count). The summed E-state index contributed by atoms with van der Waals surface area (Å²) >= 11 is 0. The second-order valence-corrected chi connectivity index (χ2v) is 6.48. The van der Waals surface area contributed by atoms with Gasteiger partial charge in [0.15, 0.2) is 23.3 Å². The SMILES string of the molecule is CN=C(NCc1ccc(-n2nc(C)cc2C)nc1)Nc1ccc(OC)c(OC)c1.I. The highest BCUT2D eigenvalue weighted by atomic mass is 127. The highest BCUT2D eigenvalue weighted by Gasteiger charge is 2.07. The Bertz CT molecular complexity index is 1000. The molecule has 0 aliphatic heterocycles. The van der Waals surface area contributed by atoms with Crippen molar-refractivity contribution in [2.75, 3.05) is 26.6 Å². The summed E-state index contributed by atoms with van der Waals surface area (Å²) in [6, 6.07) is 11.6. The maximum absolute atomic E-state index is 5.34. The Labute approximate surface area is 193 Å². The van der Waals surface area contributed by atoms with Crippen molar-refractivity contribution in [3.63, 3.8) is 0 Å². The zero-order chi connectivity index (χ0) is 20.8. The van der Waals surface area contributed by atoms with Crippen molar-refractivity contribution in [3.05, 3.63) is 59.5 Å². The molecule has 9 heteroatoms. The van der Waals surface area contributed by atoms with Crippen LogP contribution in [0.1, 0.15) is 17.0 Å². The van der Waals surface area contributed by atoms with Gasteiger partial charge in [-0.05, 0) is 43.7 Å². The van der Waals surface area contributed by atoms with E-state index in [1.807, 2.05) is 61.1 Å². The molecule has 3 aromatic rings. The van der Waals surface area contributed by atoms with Crippen molar-refractivity contribution in [1.29, 1.82) is 0 Å². The highest BCUT2D eigenvalue weighted by Crippen LogP contribution is 2.29. The molecule has 8 nitrogen and oxygen atoms in total. The number of halogens is 1. The molecule has 2 aromatic heterocycles. The number of guanidine groups is 1. The van der Waals surface area contributed by atoms with Crippen molar-refractivity contribution in [2.45, 2.75) is 20.4 Å². The zero-order valence-electron chi connectivity index (χ0n) is 17.8. The number of ether oxygens (including phenoxy) is 2. The van der Waals surface area contributed by atoms with Gasteiger partial charge in [-0.25, -0.2) is 9.67 Å². The van der Waals surface area contributed by atoms with Gasteiger partial charge in [-0.15, -0.1) is 24.0 Å². The van der Waals surface area contributed by atoms with E-state index in [-0.39, 0.29) is 24.0 Å². The van der Waals surface area contributed by atoms with E-state index in [1.54, 1.807) is 21.3 Å². The summed E-state index contributed by atoms with van der Waals surface area (Å²) < 4.78 is 12.4. The largest absolute Gasteiger partial charge is 0.493 e. The second kappa shape index (κ2) is 10.8. The Balaban J connectivity index is 0.00000320. The molecule has 0 atom stereocenters. The number of aromatic nitrogens is 3. The molecule has 0 radical (unpaired) electrons. The summed E-state index contributed by atoms with van der Waals surface area (Å²) in [5.74, 6) is 2.76. The molecule has 0 saturated carbocycles. The average Bonchev–Trinajstić information content (AvgIpc) is 3.09. The third-order valence-electron chi connectivity index (χ3n) is 4.37. The minimum atomic E-state index is 0. The van der Waals surface area contributed by atoms with Gasteiger partial charge in [0.2, 0.25) is 0 Å². The molecule has 0 bridgehead atoms. The smallest absolute Gasteiger partial charge is 0.195 e. The number of pyridine rings is 1. The molecule has 30 heavy (non-hydrogen) atoms. The minimum absolute atomic E-state index is 0. The van der Waals surface area contributed by atoms with Crippen LogP contribution in [0.3, 0.4) is 0 Å². The number of nitrogens with one attached hydrogen (secondary N) is 2. The molecule has 160 valence electrons. The number of rotatable bonds is 6. The number of aliphatic imine (C=N–C) groups is 1. The van der Waals surface area contributed by atoms with Gasteiger partial charge in [-0.3, -0.25) is 4.99 Å². The normalized spacial score (nSPS) is 10.9. The van der Waals surface area contributed by atoms with Crippen LogP contribution in [0.15, 0.2) is 47.6 Å². The number of hydrogen-bond acceptors (Lipinski definition) is 5. The fraction of sp³-hybridized carbons (Fsp3) is 0.286. The van der Waals surface area contributed by atoms with E-state index < -0.39 is 0 Å². The maximum Gasteiger partial charge on any atom is 0.195 e. The number of hydrogen-bond donors (Lipinski definition) is 2. The zero-order valence-corrected chi connectivity index (χ0v) is 20.1. The van der Waals surface area contributed by atoms with E-state index in [9.17, 15) is 0 Å². The number of methoxy groups -OCH3 is 2. The topological polar surface area (TPSA) is 85.6 Å². The van der Waals surface area contributed by atoms with Gasteiger partial charge in [0, 0.05) is 37.2 Å². The third-order valence-corrected chi connectivity index (χ3v) is 4.37. The maximum atomic E-state index is 5.34. The van der Waals surface area contributed by atoms with Crippen molar-refractivity contribution >= 4 is 35.6 Å². The van der Waals surface area contributed by atoms with Crippen LogP contribution >= 0.6 is 24.0 Å². The van der Waals surface area contributed by atoms with Crippen LogP contribution in [0.4, 0.5) is 5.69 Å². The number of aryl methyl sites for hydroxylation is 2. The first-order valence-electron chi connectivity index (χ1n) is 9.22. The van der Waals surface area contributed by atoms with Gasteiger partial charge in [-0.2, -0.15) is 5.10 Å². The molecule has 0 saturated heterocycles. The fourth-order valence-electron chi connectivity index (χ4n) is 2.92. The monoisotopic (exact) mass is 522 g/mol. The minimum Gasteiger partial charge on any atom is -0.493 e. The van der Waals surface area contributed by atoms with Crippen molar-refractivity contribution in [3.8, 4) is 17.3 Å². The molecular weight excluding hydrogens is 495 g/mol. The van der Waals surface area contributed by atoms with Crippen molar-refractivity contribution in [1.82, 2.24) is 20.1 Å². The molecule has 2 heterocycles. The van der Waals surface area contributed by atoms with Crippen LogP contribution in [0.25, 0.3) is 5.82 Å². The lowest BCUT2D eigenvalue weighted by Crippen LogP contribution is -2.30. The van der Waals surface area contributed by atoms with E-state index in [1.165, 1.54) is 0 Å². The predicted molar refractivity (Wildman–Crippen MR) is 130 cm³/mol. The molecular formula is C21H27IN6O2. The standard InChI is InChI=1S/C21H26N6O2.HI/c1-14-10-15(2)27(26-14)20-9-6-16(12-23-20)13-24-21(22-3)25-17-7-8-18(28-4)19(11-17)29-5;/h6-12H,13H2,1-5H3,(H2,22,24,25);1H. The van der Waals surface area contributed by atoms with Crippen molar-refractivity contribution in [2.24, 2.45) is 4.99 Å². The van der Waals surface area contributed by atoms with E-state index >= 15 is 0 Å². The van der Waals surface area contributed by atoms with Gasteiger partial charge in [0.1, 0.15) is 0 Å². The molecule has 0 unspecified atom stereocenters. The van der Waals surface area contributed by atoms with E-state index in [4.69, 9.17) is 9.47 Å². The molecule has 0 amide bonds. The van der Waals surface area contributed by atoms with Crippen LogP contribution in [-0.2, 0) is 6.54 Å². The third kappa shape index (κ3) is 5.62. The lowest BCUT2D eigenvalue weighted by atomic mass is 10.2. The lowest BCUT2D eigenvalue weighted by Gasteiger charge is -2.14. The molecule has 0 fully saturated rings. The van der Waals surface area contributed by atoms with Gasteiger partial charge in [0.05, 0.1) is 19.9 Å². The first-order chi connectivity index (χ1) is 14.0. The molecule has 0 aliphatic carbocycles. The lowest BCUT2D eigenvalue weighted by molar-refractivity contribution is 0.355.